The average Bonchev–Trinajstić information content (AvgIpc) is 2.47. The van der Waals surface area contributed by atoms with Crippen LogP contribution in [0.25, 0.3) is 0 Å². The minimum absolute atomic E-state index is 0.208. The standard InChI is InChI=1S/C20H23Br/c1-20(2,3)18-12-16-10-8-14-4-5-15(7-6-14)9-11-17(13-18)19(16)21/h4-7,12-13H,8-11H2,1-3H3. The van der Waals surface area contributed by atoms with Gasteiger partial charge in [0, 0.05) is 4.47 Å². The van der Waals surface area contributed by atoms with Crippen LogP contribution in [0.4, 0.5) is 0 Å². The first-order chi connectivity index (χ1) is 9.93. The summed E-state index contributed by atoms with van der Waals surface area (Å²) < 4.78 is 1.33. The molecule has 0 saturated carbocycles. The van der Waals surface area contributed by atoms with E-state index in [0.717, 1.165) is 25.7 Å². The van der Waals surface area contributed by atoms with Gasteiger partial charge in [-0.05, 0) is 58.9 Å². The fourth-order valence-corrected chi connectivity index (χ4v) is 3.60. The van der Waals surface area contributed by atoms with Crippen LogP contribution in [0, 0.1) is 0 Å². The maximum Gasteiger partial charge on any atom is 0.0239 e. The molecule has 0 spiro atoms. The highest BCUT2D eigenvalue weighted by Crippen LogP contribution is 2.32. The Morgan fingerprint density at radius 1 is 0.762 bits per heavy atom. The van der Waals surface area contributed by atoms with E-state index in [-0.39, 0.29) is 5.41 Å². The smallest absolute Gasteiger partial charge is 0.0239 e. The summed E-state index contributed by atoms with van der Waals surface area (Å²) in [5.41, 5.74) is 7.47. The lowest BCUT2D eigenvalue weighted by Crippen LogP contribution is -2.13. The molecule has 4 bridgehead atoms. The van der Waals surface area contributed by atoms with Crippen LogP contribution in [-0.4, -0.2) is 0 Å². The van der Waals surface area contributed by atoms with Gasteiger partial charge in [-0.1, -0.05) is 73.1 Å². The second-order valence-electron chi connectivity index (χ2n) is 7.17. The summed E-state index contributed by atoms with van der Waals surface area (Å²) in [6.07, 6.45) is 4.45. The summed E-state index contributed by atoms with van der Waals surface area (Å²) in [4.78, 5) is 0. The highest BCUT2D eigenvalue weighted by molar-refractivity contribution is 9.10. The summed E-state index contributed by atoms with van der Waals surface area (Å²) in [5, 5.41) is 0. The van der Waals surface area contributed by atoms with Gasteiger partial charge < -0.3 is 0 Å². The zero-order valence-electron chi connectivity index (χ0n) is 13.2. The molecule has 0 fully saturated rings. The second-order valence-corrected chi connectivity index (χ2v) is 7.97. The summed E-state index contributed by atoms with van der Waals surface area (Å²) in [5.74, 6) is 0. The number of benzene rings is 2. The predicted octanol–water partition coefficient (Wildman–Crippen LogP) is 5.63. The molecule has 0 amide bonds. The van der Waals surface area contributed by atoms with Crippen LogP contribution in [0.3, 0.4) is 0 Å². The van der Waals surface area contributed by atoms with Crippen LogP contribution in [0.15, 0.2) is 40.9 Å². The summed E-state index contributed by atoms with van der Waals surface area (Å²) >= 11 is 3.86. The molecular weight excluding hydrogens is 320 g/mol. The molecule has 0 aliphatic heterocycles. The molecular formula is C20H23Br. The first kappa shape index (κ1) is 14.8. The van der Waals surface area contributed by atoms with Gasteiger partial charge in [-0.15, -0.1) is 0 Å². The molecule has 2 aromatic carbocycles. The molecule has 4 rings (SSSR count). The molecule has 21 heavy (non-hydrogen) atoms. The van der Waals surface area contributed by atoms with Crippen molar-refractivity contribution in [3.63, 3.8) is 0 Å². The SMILES string of the molecule is CC(C)(C)c1cc2c(Br)c(c1)CCc1ccc(cc1)CC2. The third-order valence-corrected chi connectivity index (χ3v) is 5.50. The Kier molecular flexibility index (Phi) is 3.96. The van der Waals surface area contributed by atoms with Gasteiger partial charge in [0.1, 0.15) is 0 Å². The molecule has 2 aromatic rings. The van der Waals surface area contributed by atoms with Crippen molar-refractivity contribution in [2.24, 2.45) is 0 Å². The van der Waals surface area contributed by atoms with Crippen molar-refractivity contribution in [3.8, 4) is 0 Å². The minimum Gasteiger partial charge on any atom is -0.0588 e. The lowest BCUT2D eigenvalue weighted by molar-refractivity contribution is 0.587. The molecule has 2 aliphatic rings. The maximum atomic E-state index is 3.86. The predicted molar refractivity (Wildman–Crippen MR) is 94.1 cm³/mol. The van der Waals surface area contributed by atoms with Gasteiger partial charge in [-0.25, -0.2) is 0 Å². The molecule has 0 saturated heterocycles. The van der Waals surface area contributed by atoms with Crippen molar-refractivity contribution in [2.75, 3.05) is 0 Å². The van der Waals surface area contributed by atoms with Crippen LogP contribution in [0.2, 0.25) is 0 Å². The molecule has 0 radical (unpaired) electrons. The molecule has 0 heterocycles. The second kappa shape index (κ2) is 5.61. The van der Waals surface area contributed by atoms with Crippen molar-refractivity contribution >= 4 is 15.9 Å². The Balaban J connectivity index is 2.08. The van der Waals surface area contributed by atoms with Gasteiger partial charge in [-0.2, -0.15) is 0 Å². The van der Waals surface area contributed by atoms with Crippen LogP contribution in [-0.2, 0) is 31.1 Å². The number of halogens is 1. The van der Waals surface area contributed by atoms with Crippen molar-refractivity contribution in [3.05, 3.63) is 68.7 Å². The van der Waals surface area contributed by atoms with E-state index in [4.69, 9.17) is 0 Å². The summed E-state index contributed by atoms with van der Waals surface area (Å²) in [7, 11) is 0. The number of fused-ring (bicyclic) bond motifs is 4. The summed E-state index contributed by atoms with van der Waals surface area (Å²) in [6.45, 7) is 6.91. The van der Waals surface area contributed by atoms with E-state index in [1.807, 2.05) is 0 Å². The highest BCUT2D eigenvalue weighted by atomic mass is 79.9. The Hall–Kier alpha value is -1.08. The Labute approximate surface area is 136 Å². The van der Waals surface area contributed by atoms with Gasteiger partial charge in [0.05, 0.1) is 0 Å². The van der Waals surface area contributed by atoms with E-state index in [1.54, 1.807) is 0 Å². The Bertz CT molecular complexity index is 597. The van der Waals surface area contributed by atoms with Crippen LogP contribution in [0.5, 0.6) is 0 Å². The highest BCUT2D eigenvalue weighted by Gasteiger charge is 2.18. The number of hydrogen-bond donors (Lipinski definition) is 0. The monoisotopic (exact) mass is 342 g/mol. The van der Waals surface area contributed by atoms with E-state index < -0.39 is 0 Å². The number of aryl methyl sites for hydroxylation is 4. The van der Waals surface area contributed by atoms with Gasteiger partial charge in [-0.3, -0.25) is 0 Å². The molecule has 1 heteroatoms. The zero-order valence-corrected chi connectivity index (χ0v) is 14.8. The number of hydrogen-bond acceptors (Lipinski definition) is 0. The zero-order chi connectivity index (χ0) is 15.0. The molecule has 0 N–H and O–H groups in total. The van der Waals surface area contributed by atoms with E-state index in [9.17, 15) is 0 Å². The average molecular weight is 343 g/mol. The van der Waals surface area contributed by atoms with E-state index >= 15 is 0 Å². The first-order valence-electron chi connectivity index (χ1n) is 7.83. The van der Waals surface area contributed by atoms with Gasteiger partial charge in [0.25, 0.3) is 0 Å². The molecule has 0 atom stereocenters. The van der Waals surface area contributed by atoms with Crippen LogP contribution in [0.1, 0.15) is 48.6 Å². The van der Waals surface area contributed by atoms with E-state index in [2.05, 4.69) is 73.1 Å². The third-order valence-electron chi connectivity index (χ3n) is 4.48. The topological polar surface area (TPSA) is 0 Å². The maximum absolute atomic E-state index is 3.86. The normalized spacial score (nSPS) is 14.9. The lowest BCUT2D eigenvalue weighted by Gasteiger charge is -2.23. The largest absolute Gasteiger partial charge is 0.0588 e. The Morgan fingerprint density at radius 2 is 1.19 bits per heavy atom. The van der Waals surface area contributed by atoms with Gasteiger partial charge in [0.2, 0.25) is 0 Å². The molecule has 0 aromatic heterocycles. The molecule has 110 valence electrons. The van der Waals surface area contributed by atoms with Gasteiger partial charge in [0.15, 0.2) is 0 Å². The molecule has 0 nitrogen and oxygen atoms in total. The fraction of sp³-hybridized carbons (Fsp3) is 0.400. The van der Waals surface area contributed by atoms with Crippen molar-refractivity contribution in [1.29, 1.82) is 0 Å². The summed E-state index contributed by atoms with van der Waals surface area (Å²) in [6, 6.07) is 14.0. The molecule has 0 unspecified atom stereocenters. The third kappa shape index (κ3) is 3.23. The van der Waals surface area contributed by atoms with Crippen molar-refractivity contribution < 1.29 is 0 Å². The van der Waals surface area contributed by atoms with E-state index in [0.29, 0.717) is 0 Å². The quantitative estimate of drug-likeness (QED) is 0.581. The van der Waals surface area contributed by atoms with E-state index in [1.165, 1.54) is 32.3 Å². The van der Waals surface area contributed by atoms with Crippen molar-refractivity contribution in [1.82, 2.24) is 0 Å². The van der Waals surface area contributed by atoms with Crippen molar-refractivity contribution in [2.45, 2.75) is 51.9 Å². The van der Waals surface area contributed by atoms with Crippen LogP contribution < -0.4 is 0 Å². The van der Waals surface area contributed by atoms with Crippen LogP contribution >= 0.6 is 15.9 Å². The number of rotatable bonds is 0. The fourth-order valence-electron chi connectivity index (χ4n) is 2.98. The van der Waals surface area contributed by atoms with Gasteiger partial charge >= 0.3 is 0 Å². The molecule has 2 aliphatic carbocycles. The minimum atomic E-state index is 0.208. The lowest BCUT2D eigenvalue weighted by atomic mass is 9.84. The first-order valence-corrected chi connectivity index (χ1v) is 8.62. The Morgan fingerprint density at radius 3 is 1.57 bits per heavy atom.